The molecule has 0 N–H and O–H groups in total. The van der Waals surface area contributed by atoms with Gasteiger partial charge in [0.15, 0.2) is 0 Å². The van der Waals surface area contributed by atoms with E-state index < -0.39 is 0 Å². The van der Waals surface area contributed by atoms with Crippen LogP contribution in [-0.2, 0) is 26.2 Å². The van der Waals surface area contributed by atoms with Crippen molar-refractivity contribution in [1.29, 1.82) is 0 Å². The summed E-state index contributed by atoms with van der Waals surface area (Å²) >= 11 is 3.96. The first-order valence-electron chi connectivity index (χ1n) is 11.6. The van der Waals surface area contributed by atoms with Gasteiger partial charge in [0, 0.05) is 28.7 Å². The summed E-state index contributed by atoms with van der Waals surface area (Å²) in [4.78, 5) is 2.94. The van der Waals surface area contributed by atoms with Gasteiger partial charge in [-0.05, 0) is 55.2 Å². The van der Waals surface area contributed by atoms with Crippen molar-refractivity contribution in [1.82, 2.24) is 0 Å². The van der Waals surface area contributed by atoms with Crippen LogP contribution in [0.5, 0.6) is 0 Å². The monoisotopic (exact) mass is 645 g/mol. The number of benzene rings is 1. The molecule has 1 radical (unpaired) electrons. The Morgan fingerprint density at radius 3 is 1.97 bits per heavy atom. The molecule has 6 heteroatoms. The van der Waals surface area contributed by atoms with Crippen molar-refractivity contribution < 1.29 is 51.0 Å². The van der Waals surface area contributed by atoms with Gasteiger partial charge < -0.3 is 24.8 Å². The maximum absolute atomic E-state index is 2.50. The molecule has 0 saturated heterocycles. The summed E-state index contributed by atoms with van der Waals surface area (Å²) in [6.07, 6.45) is 13.8. The molecule has 6 rings (SSSR count). The first-order valence-corrected chi connectivity index (χ1v) is 16.0. The zero-order chi connectivity index (χ0) is 23.5. The fraction of sp³-hybridized carbons (Fsp3) is 0.267. The van der Waals surface area contributed by atoms with Gasteiger partial charge in [-0.3, -0.25) is 0 Å². The molecule has 0 spiro atoms. The maximum atomic E-state index is 2.50. The topological polar surface area (TPSA) is 0 Å². The standard InChI is InChI=1S/C11H14SSi.C10H9.C9H10S.2ClH.Zr/c1-8-4-9-6-10(7-13(2)3)12-11(9)5-8;1-8-6-9-4-2-3-5-10(9)7-8;1-6-3-8-5-7(2)10-9(8)4-6;;;/h4-7,10H,1-3H3;2-7H,1H3;3-5,7H,1-2H3;2*1H;/q;-1;;;;+3/p-2. The second kappa shape index (κ2) is 15.2. The molecule has 2 heterocycles. The summed E-state index contributed by atoms with van der Waals surface area (Å²) < 4.78 is 0. The van der Waals surface area contributed by atoms with Gasteiger partial charge in [0.1, 0.15) is 0 Å². The Hall–Kier alpha value is -0.480. The second-order valence-electron chi connectivity index (χ2n) is 9.35. The van der Waals surface area contributed by atoms with Crippen LogP contribution in [0.2, 0.25) is 13.1 Å². The molecule has 0 nitrogen and oxygen atoms in total. The smallest absolute Gasteiger partial charge is 1.00 e. The molecule has 0 bridgehead atoms. The summed E-state index contributed by atoms with van der Waals surface area (Å²) in [5, 5.41) is 4.03. The largest absolute Gasteiger partial charge is 3.00 e. The minimum atomic E-state index is -0.200. The molecule has 0 amide bonds. The molecular weight excluding hydrogens is 615 g/mol. The van der Waals surface area contributed by atoms with E-state index in [4.69, 9.17) is 0 Å². The Labute approximate surface area is 259 Å². The van der Waals surface area contributed by atoms with E-state index in [-0.39, 0.29) is 59.4 Å². The Balaban J connectivity index is 0.000000262. The molecule has 2 aromatic carbocycles. The van der Waals surface area contributed by atoms with Crippen LogP contribution in [-0.4, -0.2) is 24.6 Å². The number of allylic oxidation sites excluding steroid dienone is 8. The van der Waals surface area contributed by atoms with Crippen LogP contribution >= 0.6 is 23.5 Å². The van der Waals surface area contributed by atoms with Gasteiger partial charge in [-0.25, -0.2) is 0 Å². The molecule has 4 aliphatic rings. The van der Waals surface area contributed by atoms with E-state index in [1.54, 1.807) is 0 Å². The fourth-order valence-electron chi connectivity index (χ4n) is 4.32. The molecule has 187 valence electrons. The van der Waals surface area contributed by atoms with E-state index in [0.29, 0.717) is 10.5 Å². The van der Waals surface area contributed by atoms with E-state index in [1.165, 1.54) is 48.4 Å². The minimum absolute atomic E-state index is 0. The Morgan fingerprint density at radius 1 is 0.833 bits per heavy atom. The third-order valence-electron chi connectivity index (χ3n) is 5.65. The van der Waals surface area contributed by atoms with E-state index in [9.17, 15) is 0 Å². The number of aryl methyl sites for hydroxylation is 1. The molecule has 0 saturated carbocycles. The van der Waals surface area contributed by atoms with Crippen LogP contribution in [0.3, 0.4) is 0 Å². The van der Waals surface area contributed by atoms with E-state index in [0.717, 1.165) is 0 Å². The number of thioether (sulfide) groups is 2. The van der Waals surface area contributed by atoms with Crippen molar-refractivity contribution in [2.24, 2.45) is 0 Å². The SMILES string of the molecule is CC1=CC2=CC(C)SC2=C1.CC1=CC2=CC(C=[Si](C)C)SC2=C1.Cc1cc2ccccc2[cH-]1.[Cl-].[Cl-].[Zr+3]. The molecule has 0 fully saturated rings. The van der Waals surface area contributed by atoms with Gasteiger partial charge in [0.2, 0.25) is 0 Å². The average Bonchev–Trinajstić information content (AvgIpc) is 3.48. The van der Waals surface area contributed by atoms with Crippen LogP contribution < -0.4 is 24.8 Å². The van der Waals surface area contributed by atoms with Gasteiger partial charge in [-0.1, -0.05) is 56.1 Å². The van der Waals surface area contributed by atoms with Crippen LogP contribution in [0.25, 0.3) is 10.8 Å². The summed E-state index contributed by atoms with van der Waals surface area (Å²) in [7, 11) is -0.200. The van der Waals surface area contributed by atoms with E-state index in [2.05, 4.69) is 119 Å². The van der Waals surface area contributed by atoms with Gasteiger partial charge in [-0.15, -0.1) is 64.1 Å². The van der Waals surface area contributed by atoms with Crippen molar-refractivity contribution in [3.05, 3.63) is 111 Å². The third-order valence-corrected chi connectivity index (χ3v) is 9.18. The molecule has 36 heavy (non-hydrogen) atoms. The first kappa shape index (κ1) is 33.5. The van der Waals surface area contributed by atoms with Crippen LogP contribution in [0.4, 0.5) is 0 Å². The van der Waals surface area contributed by atoms with Crippen molar-refractivity contribution in [3.63, 3.8) is 0 Å². The maximum Gasteiger partial charge on any atom is 3.00 e. The van der Waals surface area contributed by atoms with Gasteiger partial charge in [0.05, 0.1) is 0 Å². The Morgan fingerprint density at radius 2 is 1.42 bits per heavy atom. The van der Waals surface area contributed by atoms with E-state index in [1.807, 2.05) is 23.5 Å². The average molecular weight is 648 g/mol. The number of hydrogen-bond acceptors (Lipinski definition) is 2. The summed E-state index contributed by atoms with van der Waals surface area (Å²) in [5.41, 5.74) is 9.53. The number of rotatable bonds is 1. The van der Waals surface area contributed by atoms with Crippen LogP contribution in [0.1, 0.15) is 26.3 Å². The van der Waals surface area contributed by atoms with Gasteiger partial charge >= 0.3 is 26.2 Å². The fourth-order valence-corrected chi connectivity index (χ4v) is 8.32. The summed E-state index contributed by atoms with van der Waals surface area (Å²) in [6, 6.07) is 12.8. The number of hydrogen-bond donors (Lipinski definition) is 0. The molecule has 2 aliphatic heterocycles. The van der Waals surface area contributed by atoms with Crippen molar-refractivity contribution in [2.45, 2.75) is 51.3 Å². The van der Waals surface area contributed by atoms with Crippen molar-refractivity contribution in [3.8, 4) is 0 Å². The Kier molecular flexibility index (Phi) is 14.2. The van der Waals surface area contributed by atoms with Crippen LogP contribution in [0.15, 0.2) is 105 Å². The predicted molar refractivity (Wildman–Crippen MR) is 156 cm³/mol. The van der Waals surface area contributed by atoms with Gasteiger partial charge in [-0.2, -0.15) is 6.07 Å². The molecule has 2 aromatic rings. The first-order chi connectivity index (χ1) is 15.8. The van der Waals surface area contributed by atoms with Gasteiger partial charge in [0.25, 0.3) is 0 Å². The predicted octanol–water partition coefficient (Wildman–Crippen LogP) is 2.77. The third kappa shape index (κ3) is 9.07. The molecular formula is C30H33Cl2S2SiZr. The molecule has 2 unspecified atom stereocenters. The molecule has 2 aliphatic carbocycles. The summed E-state index contributed by atoms with van der Waals surface area (Å²) in [6.45, 7) is 13.4. The zero-order valence-corrected chi connectivity index (χ0v) is 28.3. The quantitative estimate of drug-likeness (QED) is 0.345. The Bertz CT molecular complexity index is 1250. The van der Waals surface area contributed by atoms with Crippen LogP contribution in [0, 0.1) is 6.92 Å². The van der Waals surface area contributed by atoms with E-state index >= 15 is 0 Å². The minimum Gasteiger partial charge on any atom is -1.00 e. The zero-order valence-electron chi connectivity index (χ0n) is 21.7. The van der Waals surface area contributed by atoms with Crippen molar-refractivity contribution in [2.75, 3.05) is 0 Å². The number of fused-ring (bicyclic) bond motifs is 3. The normalized spacial score (nSPS) is 20.1. The van der Waals surface area contributed by atoms with Crippen molar-refractivity contribution >= 4 is 48.4 Å². The number of halogens is 2. The molecule has 2 atom stereocenters. The molecule has 0 aromatic heterocycles. The summed E-state index contributed by atoms with van der Waals surface area (Å²) in [5.74, 6) is 0. The second-order valence-corrected chi connectivity index (χ2v) is 14.5.